The molecule has 1 heterocycles. The summed E-state index contributed by atoms with van der Waals surface area (Å²) in [7, 11) is 0. The van der Waals surface area contributed by atoms with Crippen molar-refractivity contribution in [3.8, 4) is 0 Å². The van der Waals surface area contributed by atoms with Gasteiger partial charge in [-0.25, -0.2) is 4.79 Å². The van der Waals surface area contributed by atoms with Gasteiger partial charge in [0.15, 0.2) is 0 Å². The summed E-state index contributed by atoms with van der Waals surface area (Å²) < 4.78 is 0. The van der Waals surface area contributed by atoms with Crippen molar-refractivity contribution >= 4 is 23.3 Å². The van der Waals surface area contributed by atoms with E-state index in [0.717, 1.165) is 11.3 Å². The van der Waals surface area contributed by atoms with Crippen LogP contribution in [0.2, 0.25) is 0 Å². The molecule has 70 valence electrons. The highest BCUT2D eigenvalue weighted by Crippen LogP contribution is 2.21. The monoisotopic (exact) mass is 201 g/mol. The minimum absolute atomic E-state index is 0.0895. The van der Waals surface area contributed by atoms with E-state index in [4.69, 9.17) is 15.9 Å². The normalized spacial score (nSPS) is 12.4. The summed E-state index contributed by atoms with van der Waals surface area (Å²) in [6.07, 6.45) is 0. The summed E-state index contributed by atoms with van der Waals surface area (Å²) in [6, 6.07) is 1.61. The molecule has 1 atom stereocenters. The van der Waals surface area contributed by atoms with Crippen LogP contribution in [0.25, 0.3) is 0 Å². The van der Waals surface area contributed by atoms with E-state index in [1.807, 2.05) is 0 Å². The van der Waals surface area contributed by atoms with E-state index in [-0.39, 0.29) is 4.88 Å². The fourth-order valence-electron chi connectivity index (χ4n) is 0.757. The molecule has 0 bridgehead atoms. The number of hydrogen-bond donors (Lipinski definition) is 3. The standard InChI is InChI=1S/C7H7NO4S/c8-5(7(11)12)3-1-2-4(13-3)6(9)10/h1-2,5H,8H2,(H,9,10)(H,11,12). The van der Waals surface area contributed by atoms with Crippen molar-refractivity contribution in [3.63, 3.8) is 0 Å². The first kappa shape index (κ1) is 9.69. The predicted octanol–water partition coefficient (Wildman–Crippen LogP) is 0.531. The third-order valence-electron chi connectivity index (χ3n) is 1.41. The summed E-state index contributed by atoms with van der Waals surface area (Å²) in [4.78, 5) is 21.3. The second-order valence-electron chi connectivity index (χ2n) is 2.32. The lowest BCUT2D eigenvalue weighted by atomic mass is 10.2. The van der Waals surface area contributed by atoms with Crippen LogP contribution in [0.1, 0.15) is 20.6 Å². The van der Waals surface area contributed by atoms with Crippen molar-refractivity contribution < 1.29 is 19.8 Å². The maximum Gasteiger partial charge on any atom is 0.345 e. The van der Waals surface area contributed by atoms with Crippen molar-refractivity contribution in [2.75, 3.05) is 0 Å². The largest absolute Gasteiger partial charge is 0.480 e. The number of carboxylic acids is 2. The molecule has 0 amide bonds. The molecule has 0 aliphatic carbocycles. The van der Waals surface area contributed by atoms with E-state index in [1.165, 1.54) is 12.1 Å². The molecule has 5 nitrogen and oxygen atoms in total. The smallest absolute Gasteiger partial charge is 0.345 e. The number of hydrogen-bond acceptors (Lipinski definition) is 4. The summed E-state index contributed by atoms with van der Waals surface area (Å²) in [5, 5.41) is 17.1. The van der Waals surface area contributed by atoms with Crippen molar-refractivity contribution in [2.24, 2.45) is 5.73 Å². The Balaban J connectivity index is 2.91. The van der Waals surface area contributed by atoms with Crippen molar-refractivity contribution in [3.05, 3.63) is 21.9 Å². The van der Waals surface area contributed by atoms with Crippen molar-refractivity contribution in [2.45, 2.75) is 6.04 Å². The van der Waals surface area contributed by atoms with Gasteiger partial charge in [-0.1, -0.05) is 0 Å². The first-order valence-electron chi connectivity index (χ1n) is 3.34. The highest BCUT2D eigenvalue weighted by molar-refractivity contribution is 7.14. The number of aromatic carboxylic acids is 1. The van der Waals surface area contributed by atoms with Gasteiger partial charge in [0, 0.05) is 4.88 Å². The second kappa shape index (κ2) is 3.55. The fraction of sp³-hybridized carbons (Fsp3) is 0.143. The zero-order valence-corrected chi connectivity index (χ0v) is 7.25. The number of carboxylic acid groups (broad SMARTS) is 2. The third kappa shape index (κ3) is 2.04. The molecule has 1 aromatic rings. The molecular weight excluding hydrogens is 194 g/mol. The van der Waals surface area contributed by atoms with Gasteiger partial charge >= 0.3 is 11.9 Å². The summed E-state index contributed by atoms with van der Waals surface area (Å²) >= 11 is 0.872. The van der Waals surface area contributed by atoms with Crippen LogP contribution in [-0.2, 0) is 4.79 Å². The Bertz CT molecular complexity index is 346. The van der Waals surface area contributed by atoms with Gasteiger partial charge in [-0.05, 0) is 12.1 Å². The van der Waals surface area contributed by atoms with Crippen LogP contribution in [0.3, 0.4) is 0 Å². The summed E-state index contributed by atoms with van der Waals surface area (Å²) in [5.74, 6) is -2.24. The first-order chi connectivity index (χ1) is 6.02. The Morgan fingerprint density at radius 1 is 1.38 bits per heavy atom. The molecule has 4 N–H and O–H groups in total. The molecule has 0 spiro atoms. The van der Waals surface area contributed by atoms with E-state index >= 15 is 0 Å². The summed E-state index contributed by atoms with van der Waals surface area (Å²) in [5.41, 5.74) is 5.27. The molecule has 0 saturated heterocycles. The van der Waals surface area contributed by atoms with E-state index in [2.05, 4.69) is 0 Å². The molecule has 0 aliphatic rings. The minimum Gasteiger partial charge on any atom is -0.480 e. The van der Waals surface area contributed by atoms with Crippen LogP contribution < -0.4 is 5.73 Å². The minimum atomic E-state index is -1.17. The van der Waals surface area contributed by atoms with Gasteiger partial charge in [-0.2, -0.15) is 0 Å². The van der Waals surface area contributed by atoms with E-state index in [9.17, 15) is 9.59 Å². The first-order valence-corrected chi connectivity index (χ1v) is 4.15. The maximum absolute atomic E-state index is 10.4. The van der Waals surface area contributed by atoms with Gasteiger partial charge < -0.3 is 15.9 Å². The molecule has 0 radical (unpaired) electrons. The van der Waals surface area contributed by atoms with Gasteiger partial charge in [-0.3, -0.25) is 4.79 Å². The second-order valence-corrected chi connectivity index (χ2v) is 3.44. The van der Waals surface area contributed by atoms with E-state index in [0.29, 0.717) is 4.88 Å². The lowest BCUT2D eigenvalue weighted by Crippen LogP contribution is -2.19. The van der Waals surface area contributed by atoms with Crippen LogP contribution in [0.5, 0.6) is 0 Å². The van der Waals surface area contributed by atoms with Crippen LogP contribution in [0, 0.1) is 0 Å². The summed E-state index contributed by atoms with van der Waals surface area (Å²) in [6.45, 7) is 0. The van der Waals surface area contributed by atoms with Gasteiger partial charge in [0.05, 0.1) is 0 Å². The predicted molar refractivity (Wildman–Crippen MR) is 45.8 cm³/mol. The maximum atomic E-state index is 10.4. The Labute approximate surface area is 77.4 Å². The molecule has 1 rings (SSSR count). The molecule has 6 heteroatoms. The molecule has 1 aromatic heterocycles. The number of thiophene rings is 1. The van der Waals surface area contributed by atoms with Gasteiger partial charge in [0.25, 0.3) is 0 Å². The van der Waals surface area contributed by atoms with Gasteiger partial charge in [0.2, 0.25) is 0 Å². The number of carbonyl (C=O) groups is 2. The van der Waals surface area contributed by atoms with Crippen LogP contribution in [0.15, 0.2) is 12.1 Å². The molecule has 0 aromatic carbocycles. The SMILES string of the molecule is NC(C(=O)O)c1ccc(C(=O)O)s1. The van der Waals surface area contributed by atoms with Crippen LogP contribution in [-0.4, -0.2) is 22.2 Å². The molecule has 1 unspecified atom stereocenters. The average Bonchev–Trinajstić information content (AvgIpc) is 2.50. The number of aliphatic carboxylic acids is 1. The van der Waals surface area contributed by atoms with Crippen molar-refractivity contribution in [1.29, 1.82) is 0 Å². The van der Waals surface area contributed by atoms with E-state index in [1.54, 1.807) is 0 Å². The molecule has 13 heavy (non-hydrogen) atoms. The molecule has 0 saturated carbocycles. The van der Waals surface area contributed by atoms with Gasteiger partial charge in [0.1, 0.15) is 10.9 Å². The molecule has 0 aliphatic heterocycles. The van der Waals surface area contributed by atoms with Crippen LogP contribution >= 0.6 is 11.3 Å². The Morgan fingerprint density at radius 2 is 2.00 bits per heavy atom. The van der Waals surface area contributed by atoms with Crippen molar-refractivity contribution in [1.82, 2.24) is 0 Å². The zero-order valence-electron chi connectivity index (χ0n) is 6.43. The van der Waals surface area contributed by atoms with Gasteiger partial charge in [-0.15, -0.1) is 11.3 Å². The fourth-order valence-corrected chi connectivity index (χ4v) is 1.60. The highest BCUT2D eigenvalue weighted by Gasteiger charge is 2.17. The quantitative estimate of drug-likeness (QED) is 0.662. The molecular formula is C7H7NO4S. The number of nitrogens with two attached hydrogens (primary N) is 1. The lowest BCUT2D eigenvalue weighted by molar-refractivity contribution is -0.138. The molecule has 0 fully saturated rings. The Morgan fingerprint density at radius 3 is 2.38 bits per heavy atom. The van der Waals surface area contributed by atoms with E-state index < -0.39 is 18.0 Å². The number of rotatable bonds is 3. The average molecular weight is 201 g/mol. The topological polar surface area (TPSA) is 101 Å². The van der Waals surface area contributed by atoms with Crippen LogP contribution in [0.4, 0.5) is 0 Å². The Hall–Kier alpha value is -1.40. The zero-order chi connectivity index (χ0) is 10.0. The Kier molecular flexibility index (Phi) is 2.64. The lowest BCUT2D eigenvalue weighted by Gasteiger charge is -2.00. The highest BCUT2D eigenvalue weighted by atomic mass is 32.1. The third-order valence-corrected chi connectivity index (χ3v) is 2.57.